The minimum atomic E-state index is -0.112. The van der Waals surface area contributed by atoms with Gasteiger partial charge in [0.2, 0.25) is 0 Å². The van der Waals surface area contributed by atoms with Gasteiger partial charge in [0.1, 0.15) is 11.8 Å². The summed E-state index contributed by atoms with van der Waals surface area (Å²) in [5.41, 5.74) is 3.83. The van der Waals surface area contributed by atoms with E-state index in [2.05, 4.69) is 11.5 Å². The molecule has 1 atom stereocenters. The third kappa shape index (κ3) is 2.03. The number of hydrazine groups is 1. The molecule has 0 saturated heterocycles. The van der Waals surface area contributed by atoms with E-state index in [1.807, 2.05) is 12.3 Å². The first-order valence-corrected chi connectivity index (χ1v) is 6.02. The van der Waals surface area contributed by atoms with Crippen LogP contribution in [0.15, 0.2) is 17.2 Å². The fraction of sp³-hybridized carbons (Fsp3) is 0.400. The van der Waals surface area contributed by atoms with Gasteiger partial charge in [0.05, 0.1) is 11.6 Å². The molecule has 1 aromatic heterocycles. The Balaban J connectivity index is 2.30. The van der Waals surface area contributed by atoms with Crippen LogP contribution in [0.25, 0.3) is 0 Å². The quantitative estimate of drug-likeness (QED) is 0.635. The molecular weight excluding hydrogens is 232 g/mol. The van der Waals surface area contributed by atoms with Gasteiger partial charge in [-0.05, 0) is 23.9 Å². The maximum atomic E-state index is 6.19. The molecule has 1 aliphatic rings. The first-order chi connectivity index (χ1) is 7.24. The largest absolute Gasteiger partial charge is 0.496 e. The number of rotatable bonds is 3. The van der Waals surface area contributed by atoms with Crippen molar-refractivity contribution in [2.45, 2.75) is 19.4 Å². The van der Waals surface area contributed by atoms with Crippen LogP contribution in [0.1, 0.15) is 22.9 Å². The van der Waals surface area contributed by atoms with Gasteiger partial charge in [-0.25, -0.2) is 5.43 Å². The molecule has 2 rings (SSSR count). The molecule has 0 aromatic carbocycles. The number of thiophene rings is 1. The summed E-state index contributed by atoms with van der Waals surface area (Å²) < 4.78 is 5.49. The second-order valence-electron chi connectivity index (χ2n) is 3.44. The van der Waals surface area contributed by atoms with Crippen LogP contribution in [0.2, 0.25) is 5.02 Å². The van der Waals surface area contributed by atoms with Crippen molar-refractivity contribution in [3.63, 3.8) is 0 Å². The van der Waals surface area contributed by atoms with E-state index in [1.54, 1.807) is 11.3 Å². The van der Waals surface area contributed by atoms with Crippen LogP contribution in [0.4, 0.5) is 0 Å². The topological polar surface area (TPSA) is 47.3 Å². The van der Waals surface area contributed by atoms with Crippen molar-refractivity contribution in [3.8, 4) is 0 Å². The van der Waals surface area contributed by atoms with Gasteiger partial charge in [-0.1, -0.05) is 11.6 Å². The highest BCUT2D eigenvalue weighted by Gasteiger charge is 2.23. The number of halogens is 1. The molecule has 1 unspecified atom stereocenters. The summed E-state index contributed by atoms with van der Waals surface area (Å²) in [5.74, 6) is 6.42. The minimum Gasteiger partial charge on any atom is -0.496 e. The molecule has 5 heteroatoms. The van der Waals surface area contributed by atoms with Crippen LogP contribution in [0, 0.1) is 6.92 Å². The average molecular weight is 245 g/mol. The molecule has 3 N–H and O–H groups in total. The summed E-state index contributed by atoms with van der Waals surface area (Å²) in [4.78, 5) is 1.02. The van der Waals surface area contributed by atoms with Gasteiger partial charge in [-0.15, -0.1) is 11.3 Å². The summed E-state index contributed by atoms with van der Waals surface area (Å²) in [5, 5.41) is 2.80. The van der Waals surface area contributed by atoms with Crippen molar-refractivity contribution >= 4 is 22.9 Å². The molecule has 0 saturated carbocycles. The van der Waals surface area contributed by atoms with Crippen LogP contribution in [-0.2, 0) is 4.74 Å². The second kappa shape index (κ2) is 4.53. The van der Waals surface area contributed by atoms with Crippen LogP contribution in [0.5, 0.6) is 0 Å². The van der Waals surface area contributed by atoms with E-state index in [1.165, 1.54) is 0 Å². The SMILES string of the molecule is Cc1csc(C(NN)C2=CCCO2)c1Cl. The molecule has 0 bridgehead atoms. The molecule has 1 aromatic rings. The van der Waals surface area contributed by atoms with Crippen LogP contribution >= 0.6 is 22.9 Å². The third-order valence-electron chi connectivity index (χ3n) is 2.37. The molecule has 0 fully saturated rings. The zero-order chi connectivity index (χ0) is 10.8. The Kier molecular flexibility index (Phi) is 3.31. The maximum Gasteiger partial charge on any atom is 0.116 e. The normalized spacial score (nSPS) is 17.4. The lowest BCUT2D eigenvalue weighted by Gasteiger charge is -2.16. The molecule has 0 radical (unpaired) electrons. The smallest absolute Gasteiger partial charge is 0.116 e. The van der Waals surface area contributed by atoms with Crippen molar-refractivity contribution in [1.29, 1.82) is 0 Å². The molecule has 15 heavy (non-hydrogen) atoms. The molecule has 2 heterocycles. The van der Waals surface area contributed by atoms with Gasteiger partial charge >= 0.3 is 0 Å². The highest BCUT2D eigenvalue weighted by molar-refractivity contribution is 7.10. The molecule has 1 aliphatic heterocycles. The van der Waals surface area contributed by atoms with Crippen LogP contribution < -0.4 is 11.3 Å². The van der Waals surface area contributed by atoms with E-state index < -0.39 is 0 Å². The standard InChI is InChI=1S/C10H13ClN2OS/c1-6-5-15-10(8(6)11)9(13-12)7-3-2-4-14-7/h3,5,9,13H,2,4,12H2,1H3. The van der Waals surface area contributed by atoms with E-state index in [0.717, 1.165) is 34.3 Å². The summed E-state index contributed by atoms with van der Waals surface area (Å²) in [6, 6.07) is -0.112. The van der Waals surface area contributed by atoms with E-state index >= 15 is 0 Å². The van der Waals surface area contributed by atoms with E-state index in [-0.39, 0.29) is 6.04 Å². The van der Waals surface area contributed by atoms with E-state index in [4.69, 9.17) is 22.2 Å². The monoisotopic (exact) mass is 244 g/mol. The Labute approximate surface area is 97.8 Å². The van der Waals surface area contributed by atoms with Crippen LogP contribution in [-0.4, -0.2) is 6.61 Å². The van der Waals surface area contributed by atoms with Gasteiger partial charge in [0.25, 0.3) is 0 Å². The van der Waals surface area contributed by atoms with Crippen molar-refractivity contribution in [2.24, 2.45) is 5.84 Å². The first kappa shape index (κ1) is 11.0. The molecular formula is C10H13ClN2OS. The number of ether oxygens (including phenoxy) is 1. The number of nitrogens with two attached hydrogens (primary N) is 1. The van der Waals surface area contributed by atoms with Crippen molar-refractivity contribution in [1.82, 2.24) is 5.43 Å². The number of aryl methyl sites for hydroxylation is 1. The number of hydrogen-bond acceptors (Lipinski definition) is 4. The number of nitrogens with one attached hydrogen (secondary N) is 1. The Morgan fingerprint density at radius 1 is 1.67 bits per heavy atom. The summed E-state index contributed by atoms with van der Waals surface area (Å²) in [6.45, 7) is 2.72. The lowest BCUT2D eigenvalue weighted by Crippen LogP contribution is -2.29. The Bertz CT molecular complexity index is 389. The van der Waals surface area contributed by atoms with Gasteiger partial charge in [-0.2, -0.15) is 0 Å². The highest BCUT2D eigenvalue weighted by Crippen LogP contribution is 2.36. The Morgan fingerprint density at radius 3 is 2.93 bits per heavy atom. The summed E-state index contributed by atoms with van der Waals surface area (Å²) in [7, 11) is 0. The van der Waals surface area contributed by atoms with E-state index in [9.17, 15) is 0 Å². The predicted molar refractivity (Wildman–Crippen MR) is 62.8 cm³/mol. The van der Waals surface area contributed by atoms with Gasteiger partial charge in [0.15, 0.2) is 0 Å². The zero-order valence-corrected chi connectivity index (χ0v) is 9.99. The summed E-state index contributed by atoms with van der Waals surface area (Å²) >= 11 is 7.79. The van der Waals surface area contributed by atoms with Crippen molar-refractivity contribution < 1.29 is 4.74 Å². The van der Waals surface area contributed by atoms with Crippen molar-refractivity contribution in [2.75, 3.05) is 6.61 Å². The van der Waals surface area contributed by atoms with Crippen molar-refractivity contribution in [3.05, 3.63) is 32.7 Å². The second-order valence-corrected chi connectivity index (χ2v) is 4.73. The molecule has 3 nitrogen and oxygen atoms in total. The molecule has 0 spiro atoms. The molecule has 0 aliphatic carbocycles. The third-order valence-corrected chi connectivity index (χ3v) is 4.15. The summed E-state index contributed by atoms with van der Waals surface area (Å²) in [6.07, 6.45) is 2.99. The average Bonchev–Trinajstić information content (AvgIpc) is 2.84. The fourth-order valence-electron chi connectivity index (χ4n) is 1.57. The van der Waals surface area contributed by atoms with Gasteiger partial charge < -0.3 is 4.74 Å². The zero-order valence-electron chi connectivity index (χ0n) is 8.42. The highest BCUT2D eigenvalue weighted by atomic mass is 35.5. The fourth-order valence-corrected chi connectivity index (χ4v) is 2.94. The Morgan fingerprint density at radius 2 is 2.47 bits per heavy atom. The molecule has 82 valence electrons. The maximum absolute atomic E-state index is 6.19. The van der Waals surface area contributed by atoms with Gasteiger partial charge in [-0.3, -0.25) is 5.84 Å². The minimum absolute atomic E-state index is 0.112. The van der Waals surface area contributed by atoms with E-state index in [0.29, 0.717) is 0 Å². The van der Waals surface area contributed by atoms with Crippen LogP contribution in [0.3, 0.4) is 0 Å². The lowest BCUT2D eigenvalue weighted by molar-refractivity contribution is 0.216. The number of hydrogen-bond donors (Lipinski definition) is 2. The molecule has 0 amide bonds. The first-order valence-electron chi connectivity index (χ1n) is 4.76. The Hall–Kier alpha value is -0.550. The lowest BCUT2D eigenvalue weighted by atomic mass is 10.2. The van der Waals surface area contributed by atoms with Gasteiger partial charge in [0, 0.05) is 11.3 Å². The predicted octanol–water partition coefficient (Wildman–Crippen LogP) is 2.52.